The largest absolute Gasteiger partial charge is 0.455 e. The fourth-order valence-electron chi connectivity index (χ4n) is 1.91. The fourth-order valence-corrected chi connectivity index (χ4v) is 3.25. The van der Waals surface area contributed by atoms with Crippen molar-refractivity contribution in [2.75, 3.05) is 0 Å². The van der Waals surface area contributed by atoms with Crippen molar-refractivity contribution in [2.45, 2.75) is 31.8 Å². The summed E-state index contributed by atoms with van der Waals surface area (Å²) in [6, 6.07) is 5.82. The molecule has 10 heteroatoms. The van der Waals surface area contributed by atoms with Crippen LogP contribution in [-0.4, -0.2) is 18.6 Å². The van der Waals surface area contributed by atoms with Gasteiger partial charge in [-0.05, 0) is 19.4 Å². The Morgan fingerprint density at radius 2 is 2.04 bits per heavy atom. The summed E-state index contributed by atoms with van der Waals surface area (Å²) in [6.07, 6.45) is -4.75. The fraction of sp³-hybridized carbons (Fsp3) is 0.385. The van der Waals surface area contributed by atoms with E-state index in [0.717, 1.165) is 5.56 Å². The van der Waals surface area contributed by atoms with Crippen LogP contribution >= 0.6 is 0 Å². The van der Waals surface area contributed by atoms with Crippen LogP contribution in [0.3, 0.4) is 0 Å². The Labute approximate surface area is 130 Å². The van der Waals surface area contributed by atoms with Crippen LogP contribution in [0.4, 0.5) is 13.2 Å². The molecule has 0 spiro atoms. The summed E-state index contributed by atoms with van der Waals surface area (Å²) in [5.74, 6) is -2.21. The van der Waals surface area contributed by atoms with Crippen molar-refractivity contribution in [1.82, 2.24) is 14.9 Å². The highest BCUT2D eigenvalue weighted by molar-refractivity contribution is 7.88. The quantitative estimate of drug-likeness (QED) is 0.897. The monoisotopic (exact) mass is 349 g/mol. The van der Waals surface area contributed by atoms with E-state index in [1.165, 1.54) is 6.92 Å². The summed E-state index contributed by atoms with van der Waals surface area (Å²) in [5.41, 5.74) is 1.46. The van der Waals surface area contributed by atoms with Gasteiger partial charge >= 0.3 is 6.18 Å². The van der Waals surface area contributed by atoms with Gasteiger partial charge in [0.05, 0.1) is 11.8 Å². The number of sulfonamides is 1. The standard InChI is InChI=1S/C13H14F3N3O3S/c1-8-4-3-5-10(6-8)7-23(20,21)19-9(2)11-17-12(18-22-11)13(14,15)16/h3-6,9,19H,7H2,1-2H3/t9-/m1/s1. The van der Waals surface area contributed by atoms with Crippen LogP contribution in [0.15, 0.2) is 28.8 Å². The molecule has 0 saturated heterocycles. The van der Waals surface area contributed by atoms with Crippen molar-refractivity contribution >= 4 is 10.0 Å². The second-order valence-corrected chi connectivity index (χ2v) is 6.80. The maximum atomic E-state index is 12.4. The van der Waals surface area contributed by atoms with Crippen LogP contribution in [0.2, 0.25) is 0 Å². The molecule has 0 aliphatic carbocycles. The predicted octanol–water partition coefficient (Wildman–Crippen LogP) is 2.58. The first-order valence-corrected chi connectivity index (χ1v) is 8.18. The highest BCUT2D eigenvalue weighted by Crippen LogP contribution is 2.27. The molecule has 0 aliphatic heterocycles. The first-order valence-electron chi connectivity index (χ1n) is 6.53. The maximum Gasteiger partial charge on any atom is 0.455 e. The molecule has 0 unspecified atom stereocenters. The number of hydrogen-bond acceptors (Lipinski definition) is 5. The minimum Gasteiger partial charge on any atom is -0.337 e. The average molecular weight is 349 g/mol. The molecule has 23 heavy (non-hydrogen) atoms. The van der Waals surface area contributed by atoms with Gasteiger partial charge in [0, 0.05) is 0 Å². The lowest BCUT2D eigenvalue weighted by molar-refractivity contribution is -0.146. The third kappa shape index (κ3) is 4.76. The summed E-state index contributed by atoms with van der Waals surface area (Å²) in [7, 11) is -3.78. The number of benzene rings is 1. The number of halogens is 3. The lowest BCUT2D eigenvalue weighted by Crippen LogP contribution is -2.28. The molecular weight excluding hydrogens is 335 g/mol. The minimum atomic E-state index is -4.75. The van der Waals surface area contributed by atoms with Crippen LogP contribution in [0.1, 0.15) is 35.8 Å². The zero-order valence-electron chi connectivity index (χ0n) is 12.3. The van der Waals surface area contributed by atoms with Gasteiger partial charge in [0.1, 0.15) is 0 Å². The topological polar surface area (TPSA) is 85.1 Å². The van der Waals surface area contributed by atoms with E-state index in [4.69, 9.17) is 0 Å². The SMILES string of the molecule is Cc1cccc(CS(=O)(=O)N[C@H](C)c2nc(C(F)(F)F)no2)c1. The summed E-state index contributed by atoms with van der Waals surface area (Å²) in [4.78, 5) is 3.16. The Kier molecular flexibility index (Phi) is 4.76. The van der Waals surface area contributed by atoms with Crippen LogP contribution in [0, 0.1) is 6.92 Å². The lowest BCUT2D eigenvalue weighted by atomic mass is 10.2. The van der Waals surface area contributed by atoms with Gasteiger partial charge in [0.25, 0.3) is 5.82 Å². The van der Waals surface area contributed by atoms with E-state index >= 15 is 0 Å². The third-order valence-corrected chi connectivity index (χ3v) is 4.29. The van der Waals surface area contributed by atoms with Crippen molar-refractivity contribution in [3.63, 3.8) is 0 Å². The second kappa shape index (κ2) is 6.28. The van der Waals surface area contributed by atoms with E-state index in [-0.39, 0.29) is 5.75 Å². The van der Waals surface area contributed by atoms with Crippen LogP contribution in [-0.2, 0) is 22.0 Å². The number of alkyl halides is 3. The van der Waals surface area contributed by atoms with Gasteiger partial charge in [0.2, 0.25) is 15.9 Å². The Hall–Kier alpha value is -1.94. The van der Waals surface area contributed by atoms with Crippen LogP contribution in [0.25, 0.3) is 0 Å². The Balaban J connectivity index is 2.09. The predicted molar refractivity (Wildman–Crippen MR) is 74.7 cm³/mol. The van der Waals surface area contributed by atoms with Gasteiger partial charge < -0.3 is 4.52 Å². The second-order valence-electron chi connectivity index (χ2n) is 5.04. The Morgan fingerprint density at radius 3 is 2.61 bits per heavy atom. The molecule has 0 amide bonds. The van der Waals surface area contributed by atoms with Crippen LogP contribution in [0.5, 0.6) is 0 Å². The lowest BCUT2D eigenvalue weighted by Gasteiger charge is -2.11. The van der Waals surface area contributed by atoms with Gasteiger partial charge in [-0.25, -0.2) is 13.1 Å². The molecule has 2 aromatic rings. The molecule has 0 aliphatic rings. The number of aromatic nitrogens is 2. The minimum absolute atomic E-state index is 0.306. The number of hydrogen-bond donors (Lipinski definition) is 1. The molecule has 6 nitrogen and oxygen atoms in total. The molecule has 0 saturated carbocycles. The van der Waals surface area contributed by atoms with E-state index < -0.39 is 34.0 Å². The molecule has 1 heterocycles. The average Bonchev–Trinajstić information content (AvgIpc) is 2.86. The molecule has 126 valence electrons. The van der Waals surface area contributed by atoms with E-state index in [2.05, 4.69) is 19.4 Å². The van der Waals surface area contributed by atoms with Crippen molar-refractivity contribution < 1.29 is 26.1 Å². The van der Waals surface area contributed by atoms with Crippen molar-refractivity contribution in [3.8, 4) is 0 Å². The van der Waals surface area contributed by atoms with Gasteiger partial charge in [-0.2, -0.15) is 18.2 Å². The summed E-state index contributed by atoms with van der Waals surface area (Å²) in [6.45, 7) is 3.14. The summed E-state index contributed by atoms with van der Waals surface area (Å²) < 4.78 is 68.0. The molecule has 1 aromatic heterocycles. The summed E-state index contributed by atoms with van der Waals surface area (Å²) >= 11 is 0. The van der Waals surface area contributed by atoms with Crippen molar-refractivity contribution in [1.29, 1.82) is 0 Å². The van der Waals surface area contributed by atoms with E-state index in [9.17, 15) is 21.6 Å². The highest BCUT2D eigenvalue weighted by Gasteiger charge is 2.38. The van der Waals surface area contributed by atoms with E-state index in [1.807, 2.05) is 13.0 Å². The van der Waals surface area contributed by atoms with Gasteiger partial charge in [-0.15, -0.1) is 0 Å². The summed E-state index contributed by atoms with van der Waals surface area (Å²) in [5, 5.41) is 2.79. The molecule has 0 radical (unpaired) electrons. The van der Waals surface area contributed by atoms with Gasteiger partial charge in [-0.1, -0.05) is 35.0 Å². The zero-order valence-corrected chi connectivity index (χ0v) is 13.1. The number of rotatable bonds is 5. The molecule has 1 N–H and O–H groups in total. The molecule has 0 fully saturated rings. The highest BCUT2D eigenvalue weighted by atomic mass is 32.2. The smallest absolute Gasteiger partial charge is 0.337 e. The van der Waals surface area contributed by atoms with Crippen molar-refractivity contribution in [2.24, 2.45) is 0 Å². The molecule has 1 atom stereocenters. The van der Waals surface area contributed by atoms with Crippen molar-refractivity contribution in [3.05, 3.63) is 47.1 Å². The van der Waals surface area contributed by atoms with Crippen LogP contribution < -0.4 is 4.72 Å². The first-order chi connectivity index (χ1) is 10.6. The molecular formula is C13H14F3N3O3S. The number of aryl methyl sites for hydroxylation is 1. The molecule has 2 rings (SSSR count). The van der Waals surface area contributed by atoms with E-state index in [0.29, 0.717) is 5.56 Å². The normalized spacial score (nSPS) is 14.0. The number of nitrogens with zero attached hydrogens (tertiary/aromatic N) is 2. The Bertz CT molecular complexity index is 787. The molecule has 0 bridgehead atoms. The zero-order chi connectivity index (χ0) is 17.3. The maximum absolute atomic E-state index is 12.4. The third-order valence-electron chi connectivity index (χ3n) is 2.86. The van der Waals surface area contributed by atoms with Gasteiger partial charge in [0.15, 0.2) is 0 Å². The first kappa shape index (κ1) is 17.4. The Morgan fingerprint density at radius 1 is 1.35 bits per heavy atom. The molecule has 1 aromatic carbocycles. The number of nitrogens with one attached hydrogen (secondary N) is 1. The van der Waals surface area contributed by atoms with E-state index in [1.54, 1.807) is 18.2 Å². The van der Waals surface area contributed by atoms with Gasteiger partial charge in [-0.3, -0.25) is 0 Å².